The quantitative estimate of drug-likeness (QED) is 0.572. The Bertz CT molecular complexity index is 827. The van der Waals surface area contributed by atoms with E-state index in [9.17, 15) is 4.79 Å². The number of methoxy groups -OCH3 is 2. The highest BCUT2D eigenvalue weighted by molar-refractivity contribution is 5.72. The van der Waals surface area contributed by atoms with E-state index in [1.165, 1.54) is 17.5 Å². The van der Waals surface area contributed by atoms with E-state index in [2.05, 4.69) is 42.8 Å². The molecule has 3 aliphatic heterocycles. The second-order valence-electron chi connectivity index (χ2n) is 10.8. The first-order valence-corrected chi connectivity index (χ1v) is 12.7. The highest BCUT2D eigenvalue weighted by Gasteiger charge is 2.40. The van der Waals surface area contributed by atoms with Crippen LogP contribution in [0.25, 0.3) is 0 Å². The van der Waals surface area contributed by atoms with Crippen molar-refractivity contribution < 1.29 is 19.0 Å². The first kappa shape index (κ1) is 24.3. The second kappa shape index (κ2) is 10.6. The zero-order valence-electron chi connectivity index (χ0n) is 21.1. The van der Waals surface area contributed by atoms with Gasteiger partial charge in [0.25, 0.3) is 0 Å². The number of carbonyl (C=O) groups excluding carboxylic acids is 1. The lowest BCUT2D eigenvalue weighted by Crippen LogP contribution is -2.47. The van der Waals surface area contributed by atoms with Gasteiger partial charge in [-0.15, -0.1) is 0 Å². The molecule has 0 radical (unpaired) electrons. The molecule has 0 bridgehead atoms. The van der Waals surface area contributed by atoms with Crippen molar-refractivity contribution in [3.63, 3.8) is 0 Å². The van der Waals surface area contributed by atoms with Crippen molar-refractivity contribution in [3.05, 3.63) is 23.3 Å². The highest BCUT2D eigenvalue weighted by atomic mass is 16.5. The molecule has 3 heterocycles. The zero-order valence-corrected chi connectivity index (χ0v) is 21.1. The van der Waals surface area contributed by atoms with E-state index < -0.39 is 0 Å². The standard InChI is InChI=1S/C27H42N2O4/c1-18(2)11-21-16-29-10-8-19-13-25(31-4)26(32-5)14-23(19)24(29)12-22(21)17-33-27(30)20-7-6-9-28(3)15-20/h13-14,18,20-22,24H,6-12,15-17H2,1-5H3. The fourth-order valence-electron chi connectivity index (χ4n) is 6.25. The van der Waals surface area contributed by atoms with E-state index in [4.69, 9.17) is 14.2 Å². The Kier molecular flexibility index (Phi) is 7.85. The van der Waals surface area contributed by atoms with Crippen LogP contribution in [0.1, 0.15) is 56.7 Å². The fourth-order valence-corrected chi connectivity index (χ4v) is 6.25. The molecule has 4 unspecified atom stereocenters. The number of fused-ring (bicyclic) bond motifs is 3. The normalized spacial score (nSPS) is 28.2. The molecule has 0 N–H and O–H groups in total. The molecule has 1 aromatic rings. The maximum Gasteiger partial charge on any atom is 0.310 e. The van der Waals surface area contributed by atoms with Crippen molar-refractivity contribution >= 4 is 5.97 Å². The summed E-state index contributed by atoms with van der Waals surface area (Å²) in [6.07, 6.45) is 5.27. The number of benzene rings is 1. The van der Waals surface area contributed by atoms with Gasteiger partial charge in [-0.1, -0.05) is 13.8 Å². The van der Waals surface area contributed by atoms with Crippen LogP contribution in [-0.2, 0) is 16.0 Å². The molecule has 0 aliphatic carbocycles. The summed E-state index contributed by atoms with van der Waals surface area (Å²) < 4.78 is 17.2. The Morgan fingerprint density at radius 3 is 2.55 bits per heavy atom. The Morgan fingerprint density at radius 1 is 1.09 bits per heavy atom. The minimum Gasteiger partial charge on any atom is -0.493 e. The molecule has 3 aliphatic rings. The number of carbonyl (C=O) groups is 1. The van der Waals surface area contributed by atoms with Crippen molar-refractivity contribution in [3.8, 4) is 11.5 Å². The lowest BCUT2D eigenvalue weighted by atomic mass is 9.74. The van der Waals surface area contributed by atoms with Gasteiger partial charge >= 0.3 is 5.97 Å². The molecule has 0 aromatic heterocycles. The molecule has 6 nitrogen and oxygen atoms in total. The summed E-state index contributed by atoms with van der Waals surface area (Å²) in [4.78, 5) is 17.8. The molecular formula is C27H42N2O4. The molecule has 2 saturated heterocycles. The Labute approximate surface area is 199 Å². The summed E-state index contributed by atoms with van der Waals surface area (Å²) in [5, 5.41) is 0. The summed E-state index contributed by atoms with van der Waals surface area (Å²) in [6.45, 7) is 9.20. The van der Waals surface area contributed by atoms with Gasteiger partial charge in [0.1, 0.15) is 0 Å². The topological polar surface area (TPSA) is 51.2 Å². The lowest BCUT2D eigenvalue weighted by Gasteiger charge is -2.47. The van der Waals surface area contributed by atoms with Gasteiger partial charge in [0.15, 0.2) is 11.5 Å². The SMILES string of the molecule is COc1cc2c(cc1OC)C1CC(COC(=O)C3CCCN(C)C3)C(CC(C)C)CN1CC2. The van der Waals surface area contributed by atoms with E-state index in [1.54, 1.807) is 14.2 Å². The molecule has 184 valence electrons. The van der Waals surface area contributed by atoms with Crippen LogP contribution in [0.5, 0.6) is 11.5 Å². The molecule has 0 saturated carbocycles. The van der Waals surface area contributed by atoms with E-state index in [1.807, 2.05) is 0 Å². The van der Waals surface area contributed by atoms with Crippen molar-refractivity contribution in [1.82, 2.24) is 9.80 Å². The van der Waals surface area contributed by atoms with E-state index >= 15 is 0 Å². The maximum atomic E-state index is 12.9. The minimum atomic E-state index is 0.00252. The monoisotopic (exact) mass is 458 g/mol. The molecule has 1 aromatic carbocycles. The minimum absolute atomic E-state index is 0.00252. The van der Waals surface area contributed by atoms with Crippen LogP contribution in [0.3, 0.4) is 0 Å². The molecule has 2 fully saturated rings. The summed E-state index contributed by atoms with van der Waals surface area (Å²) in [5.74, 6) is 3.22. The fraction of sp³-hybridized carbons (Fsp3) is 0.741. The van der Waals surface area contributed by atoms with Gasteiger partial charge in [0, 0.05) is 25.7 Å². The van der Waals surface area contributed by atoms with Crippen molar-refractivity contribution in [1.29, 1.82) is 0 Å². The van der Waals surface area contributed by atoms with Gasteiger partial charge in [-0.05, 0) is 86.7 Å². The molecule has 4 rings (SSSR count). The van der Waals surface area contributed by atoms with Gasteiger partial charge in [0.2, 0.25) is 0 Å². The number of hydrogen-bond donors (Lipinski definition) is 0. The van der Waals surface area contributed by atoms with Crippen LogP contribution in [0.4, 0.5) is 0 Å². The number of ether oxygens (including phenoxy) is 3. The van der Waals surface area contributed by atoms with Crippen LogP contribution in [-0.4, -0.2) is 69.8 Å². The van der Waals surface area contributed by atoms with Gasteiger partial charge in [-0.2, -0.15) is 0 Å². The number of esters is 1. The third kappa shape index (κ3) is 5.48. The highest BCUT2D eigenvalue weighted by Crippen LogP contribution is 2.45. The summed E-state index contributed by atoms with van der Waals surface area (Å²) in [7, 11) is 5.50. The summed E-state index contributed by atoms with van der Waals surface area (Å²) in [5.41, 5.74) is 2.71. The van der Waals surface area contributed by atoms with Crippen molar-refractivity contribution in [2.45, 2.75) is 52.0 Å². The van der Waals surface area contributed by atoms with Gasteiger partial charge in [0.05, 0.1) is 26.7 Å². The Morgan fingerprint density at radius 2 is 1.85 bits per heavy atom. The number of nitrogens with zero attached hydrogens (tertiary/aromatic N) is 2. The number of piperidine rings is 2. The molecule has 0 amide bonds. The molecule has 6 heteroatoms. The molecule has 0 spiro atoms. The van der Waals surface area contributed by atoms with Gasteiger partial charge in [-0.25, -0.2) is 0 Å². The first-order chi connectivity index (χ1) is 15.9. The smallest absolute Gasteiger partial charge is 0.310 e. The molecule has 33 heavy (non-hydrogen) atoms. The predicted molar refractivity (Wildman–Crippen MR) is 130 cm³/mol. The predicted octanol–water partition coefficient (Wildman–Crippen LogP) is 4.17. The van der Waals surface area contributed by atoms with E-state index in [0.29, 0.717) is 30.4 Å². The summed E-state index contributed by atoms with van der Waals surface area (Å²) >= 11 is 0. The third-order valence-corrected chi connectivity index (χ3v) is 7.95. The second-order valence-corrected chi connectivity index (χ2v) is 10.8. The number of likely N-dealkylation sites (tertiary alicyclic amines) is 1. The average molecular weight is 459 g/mol. The Hall–Kier alpha value is -1.79. The van der Waals surface area contributed by atoms with Gasteiger partial charge in [-0.3, -0.25) is 9.69 Å². The van der Waals surface area contributed by atoms with Crippen LogP contribution in [0, 0.1) is 23.7 Å². The van der Waals surface area contributed by atoms with E-state index in [0.717, 1.165) is 63.4 Å². The largest absolute Gasteiger partial charge is 0.493 e. The molecule has 4 atom stereocenters. The lowest BCUT2D eigenvalue weighted by molar-refractivity contribution is -0.153. The summed E-state index contributed by atoms with van der Waals surface area (Å²) in [6, 6.07) is 4.68. The van der Waals surface area contributed by atoms with Crippen molar-refractivity contribution in [2.24, 2.45) is 23.7 Å². The van der Waals surface area contributed by atoms with Crippen LogP contribution >= 0.6 is 0 Å². The number of rotatable bonds is 7. The zero-order chi connectivity index (χ0) is 23.5. The molecular weight excluding hydrogens is 416 g/mol. The Balaban J connectivity index is 1.50. The average Bonchev–Trinajstić information content (AvgIpc) is 2.81. The van der Waals surface area contributed by atoms with Crippen LogP contribution < -0.4 is 9.47 Å². The third-order valence-electron chi connectivity index (χ3n) is 7.95. The van der Waals surface area contributed by atoms with Crippen LogP contribution in [0.15, 0.2) is 12.1 Å². The van der Waals surface area contributed by atoms with E-state index in [-0.39, 0.29) is 11.9 Å². The van der Waals surface area contributed by atoms with Crippen LogP contribution in [0.2, 0.25) is 0 Å². The van der Waals surface area contributed by atoms with Gasteiger partial charge < -0.3 is 19.1 Å². The maximum absolute atomic E-state index is 12.9. The first-order valence-electron chi connectivity index (χ1n) is 12.7. The number of hydrogen-bond acceptors (Lipinski definition) is 6. The van der Waals surface area contributed by atoms with Crippen molar-refractivity contribution in [2.75, 3.05) is 54.1 Å².